The Hall–Kier alpha value is -1.42. The van der Waals surface area contributed by atoms with E-state index in [0.717, 1.165) is 38.0 Å². The summed E-state index contributed by atoms with van der Waals surface area (Å²) in [4.78, 5) is 13.5. The molecular weight excluding hydrogens is 272 g/mol. The smallest absolute Gasteiger partial charge is 0.225 e. The van der Waals surface area contributed by atoms with E-state index in [0.29, 0.717) is 0 Å². The van der Waals surface area contributed by atoms with Crippen molar-refractivity contribution >= 4 is 5.95 Å². The first kappa shape index (κ1) is 16.9. The molecule has 0 N–H and O–H groups in total. The van der Waals surface area contributed by atoms with Gasteiger partial charge in [-0.1, -0.05) is 18.6 Å². The Balaban J connectivity index is 1.64. The first-order valence-corrected chi connectivity index (χ1v) is 8.53. The van der Waals surface area contributed by atoms with Gasteiger partial charge < -0.3 is 4.90 Å². The molecule has 0 radical (unpaired) electrons. The maximum Gasteiger partial charge on any atom is 0.225 e. The SMILES string of the molecule is CC(C)=CCCC(C)CCN1CCN(c2ncccn2)CC1. The number of hydrogen-bond donors (Lipinski definition) is 0. The molecule has 1 aliphatic rings. The van der Waals surface area contributed by atoms with Crippen molar-refractivity contribution in [1.29, 1.82) is 0 Å². The molecule has 4 nitrogen and oxygen atoms in total. The van der Waals surface area contributed by atoms with Crippen LogP contribution in [-0.2, 0) is 0 Å². The lowest BCUT2D eigenvalue weighted by Crippen LogP contribution is -2.47. The van der Waals surface area contributed by atoms with E-state index < -0.39 is 0 Å². The average Bonchev–Trinajstić information content (AvgIpc) is 2.54. The van der Waals surface area contributed by atoms with E-state index in [-0.39, 0.29) is 0 Å². The minimum absolute atomic E-state index is 0.811. The number of nitrogens with zero attached hydrogens (tertiary/aromatic N) is 4. The van der Waals surface area contributed by atoms with Crippen molar-refractivity contribution in [1.82, 2.24) is 14.9 Å². The van der Waals surface area contributed by atoms with Crippen LogP contribution in [0, 0.1) is 5.92 Å². The normalized spacial score (nSPS) is 17.3. The largest absolute Gasteiger partial charge is 0.338 e. The van der Waals surface area contributed by atoms with Crippen molar-refractivity contribution in [2.75, 3.05) is 37.6 Å². The second kappa shape index (κ2) is 8.89. The van der Waals surface area contributed by atoms with Gasteiger partial charge >= 0.3 is 0 Å². The lowest BCUT2D eigenvalue weighted by atomic mass is 10.0. The van der Waals surface area contributed by atoms with Crippen LogP contribution in [0.4, 0.5) is 5.95 Å². The summed E-state index contributed by atoms with van der Waals surface area (Å²) in [5.41, 5.74) is 1.44. The molecule has 1 aliphatic heterocycles. The molecule has 1 aromatic heterocycles. The number of anilines is 1. The van der Waals surface area contributed by atoms with Crippen LogP contribution in [0.15, 0.2) is 30.1 Å². The Morgan fingerprint density at radius 3 is 2.45 bits per heavy atom. The van der Waals surface area contributed by atoms with Crippen LogP contribution in [0.5, 0.6) is 0 Å². The fraction of sp³-hybridized carbons (Fsp3) is 0.667. The summed E-state index contributed by atoms with van der Waals surface area (Å²) in [6.07, 6.45) is 9.84. The Kier molecular flexibility index (Phi) is 6.84. The van der Waals surface area contributed by atoms with E-state index in [1.54, 1.807) is 0 Å². The van der Waals surface area contributed by atoms with Crippen molar-refractivity contribution in [2.24, 2.45) is 5.92 Å². The van der Waals surface area contributed by atoms with Gasteiger partial charge in [-0.15, -0.1) is 0 Å². The quantitative estimate of drug-likeness (QED) is 0.723. The minimum Gasteiger partial charge on any atom is -0.338 e. The van der Waals surface area contributed by atoms with Gasteiger partial charge in [-0.25, -0.2) is 9.97 Å². The summed E-state index contributed by atoms with van der Waals surface area (Å²) < 4.78 is 0. The van der Waals surface area contributed by atoms with Crippen LogP contribution in [0.3, 0.4) is 0 Å². The molecule has 22 heavy (non-hydrogen) atoms. The predicted molar refractivity (Wildman–Crippen MR) is 93.1 cm³/mol. The lowest BCUT2D eigenvalue weighted by Gasteiger charge is -2.35. The van der Waals surface area contributed by atoms with E-state index >= 15 is 0 Å². The second-order valence-corrected chi connectivity index (χ2v) is 6.63. The zero-order valence-electron chi connectivity index (χ0n) is 14.3. The Labute approximate surface area is 135 Å². The van der Waals surface area contributed by atoms with Crippen molar-refractivity contribution in [3.05, 3.63) is 30.1 Å². The Bertz CT molecular complexity index is 445. The molecule has 1 aromatic rings. The van der Waals surface area contributed by atoms with Gasteiger partial charge in [-0.2, -0.15) is 0 Å². The van der Waals surface area contributed by atoms with Gasteiger partial charge in [0.2, 0.25) is 5.95 Å². The summed E-state index contributed by atoms with van der Waals surface area (Å²) >= 11 is 0. The number of aromatic nitrogens is 2. The van der Waals surface area contributed by atoms with Crippen LogP contribution < -0.4 is 4.90 Å². The van der Waals surface area contributed by atoms with Crippen LogP contribution >= 0.6 is 0 Å². The highest BCUT2D eigenvalue weighted by molar-refractivity contribution is 5.29. The molecule has 2 rings (SSSR count). The molecule has 1 fully saturated rings. The van der Waals surface area contributed by atoms with Crippen molar-refractivity contribution in [3.8, 4) is 0 Å². The first-order valence-electron chi connectivity index (χ1n) is 8.53. The topological polar surface area (TPSA) is 32.3 Å². The molecule has 0 bridgehead atoms. The Morgan fingerprint density at radius 2 is 1.82 bits per heavy atom. The van der Waals surface area contributed by atoms with Crippen LogP contribution in [0.2, 0.25) is 0 Å². The molecule has 4 heteroatoms. The van der Waals surface area contributed by atoms with Gasteiger partial charge in [0.1, 0.15) is 0 Å². The molecule has 1 atom stereocenters. The van der Waals surface area contributed by atoms with E-state index in [1.165, 1.54) is 31.4 Å². The molecule has 1 unspecified atom stereocenters. The maximum atomic E-state index is 4.34. The highest BCUT2D eigenvalue weighted by Crippen LogP contribution is 2.14. The predicted octanol–water partition coefficient (Wildman–Crippen LogP) is 3.37. The lowest BCUT2D eigenvalue weighted by molar-refractivity contribution is 0.238. The fourth-order valence-electron chi connectivity index (χ4n) is 2.83. The monoisotopic (exact) mass is 302 g/mol. The second-order valence-electron chi connectivity index (χ2n) is 6.63. The first-order chi connectivity index (χ1) is 10.6. The summed E-state index contributed by atoms with van der Waals surface area (Å²) in [5, 5.41) is 0. The standard InChI is InChI=1S/C18H30N4/c1-16(2)6-4-7-17(3)8-11-21-12-14-22(15-13-21)18-19-9-5-10-20-18/h5-6,9-10,17H,4,7-8,11-15H2,1-3H3. The number of allylic oxidation sites excluding steroid dienone is 2. The Morgan fingerprint density at radius 1 is 1.14 bits per heavy atom. The van der Waals surface area contributed by atoms with E-state index in [4.69, 9.17) is 0 Å². The maximum absolute atomic E-state index is 4.34. The van der Waals surface area contributed by atoms with Gasteiger partial charge in [0.25, 0.3) is 0 Å². The summed E-state index contributed by atoms with van der Waals surface area (Å²) in [6.45, 7) is 12.3. The average molecular weight is 302 g/mol. The zero-order valence-corrected chi connectivity index (χ0v) is 14.3. The van der Waals surface area contributed by atoms with E-state index in [2.05, 4.69) is 46.6 Å². The molecule has 0 aromatic carbocycles. The van der Waals surface area contributed by atoms with Crippen molar-refractivity contribution in [2.45, 2.75) is 40.0 Å². The van der Waals surface area contributed by atoms with E-state index in [1.807, 2.05) is 18.5 Å². The molecule has 2 heterocycles. The summed E-state index contributed by atoms with van der Waals surface area (Å²) in [6, 6.07) is 1.87. The minimum atomic E-state index is 0.811. The molecule has 122 valence electrons. The van der Waals surface area contributed by atoms with E-state index in [9.17, 15) is 0 Å². The molecule has 0 amide bonds. The number of piperazine rings is 1. The molecule has 1 saturated heterocycles. The highest BCUT2D eigenvalue weighted by Gasteiger charge is 2.18. The van der Waals surface area contributed by atoms with Crippen molar-refractivity contribution < 1.29 is 0 Å². The van der Waals surface area contributed by atoms with Crippen molar-refractivity contribution in [3.63, 3.8) is 0 Å². The number of rotatable bonds is 7. The van der Waals surface area contributed by atoms with Gasteiger partial charge in [0.05, 0.1) is 0 Å². The van der Waals surface area contributed by atoms with Crippen LogP contribution in [0.25, 0.3) is 0 Å². The summed E-state index contributed by atoms with van der Waals surface area (Å²) in [7, 11) is 0. The zero-order chi connectivity index (χ0) is 15.8. The third-order valence-electron chi connectivity index (χ3n) is 4.36. The van der Waals surface area contributed by atoms with Gasteiger partial charge in [-0.3, -0.25) is 4.90 Å². The molecule has 0 aliphatic carbocycles. The summed E-state index contributed by atoms with van der Waals surface area (Å²) in [5.74, 6) is 1.68. The molecular formula is C18H30N4. The highest BCUT2D eigenvalue weighted by atomic mass is 15.3. The van der Waals surface area contributed by atoms with Crippen LogP contribution in [0.1, 0.15) is 40.0 Å². The third kappa shape index (κ3) is 5.76. The fourth-order valence-corrected chi connectivity index (χ4v) is 2.83. The van der Waals surface area contributed by atoms with Gasteiger partial charge in [-0.05, 0) is 51.6 Å². The third-order valence-corrected chi connectivity index (χ3v) is 4.36. The van der Waals surface area contributed by atoms with Gasteiger partial charge in [0, 0.05) is 38.6 Å². The van der Waals surface area contributed by atoms with Gasteiger partial charge in [0.15, 0.2) is 0 Å². The molecule has 0 spiro atoms. The molecule has 0 saturated carbocycles. The van der Waals surface area contributed by atoms with Crippen LogP contribution in [-0.4, -0.2) is 47.6 Å². The number of hydrogen-bond acceptors (Lipinski definition) is 4.